The third kappa shape index (κ3) is 2.70. The Balaban J connectivity index is 2.39. The van der Waals surface area contributed by atoms with Crippen molar-refractivity contribution < 1.29 is 14.6 Å². The summed E-state index contributed by atoms with van der Waals surface area (Å²) in [6.07, 6.45) is -0.912. The fourth-order valence-corrected chi connectivity index (χ4v) is 2.00. The van der Waals surface area contributed by atoms with E-state index in [-0.39, 0.29) is 12.4 Å². The third-order valence-corrected chi connectivity index (χ3v) is 2.99. The number of hydrogen-bond donors (Lipinski definition) is 2. The predicted octanol–water partition coefficient (Wildman–Crippen LogP) is 3.05. The molecule has 0 aromatic heterocycles. The summed E-state index contributed by atoms with van der Waals surface area (Å²) in [5, 5.41) is 20.0. The molecule has 0 fully saturated rings. The first-order valence-corrected chi connectivity index (χ1v) is 5.82. The highest BCUT2D eigenvalue weighted by molar-refractivity contribution is 6.30. The monoisotopic (exact) mass is 266 g/mol. The summed E-state index contributed by atoms with van der Waals surface area (Å²) < 4.78 is 12.8. The van der Waals surface area contributed by atoms with Crippen molar-refractivity contribution in [2.75, 3.05) is 0 Å². The van der Waals surface area contributed by atoms with Crippen molar-refractivity contribution in [2.24, 2.45) is 0 Å². The van der Waals surface area contributed by atoms with Crippen LogP contribution in [0.1, 0.15) is 22.8 Å². The van der Waals surface area contributed by atoms with Crippen LogP contribution in [0.4, 0.5) is 4.39 Å². The summed E-state index contributed by atoms with van der Waals surface area (Å²) in [5.74, 6) is -0.357. The molecule has 2 nitrogen and oxygen atoms in total. The average Bonchev–Trinajstić information content (AvgIpc) is 2.38. The zero-order valence-electron chi connectivity index (χ0n) is 9.48. The van der Waals surface area contributed by atoms with E-state index in [1.54, 1.807) is 18.2 Å². The highest BCUT2D eigenvalue weighted by atomic mass is 35.5. The van der Waals surface area contributed by atoms with Crippen molar-refractivity contribution in [3.05, 3.63) is 70.0 Å². The van der Waals surface area contributed by atoms with Gasteiger partial charge in [-0.15, -0.1) is 0 Å². The molecule has 0 radical (unpaired) electrons. The number of aliphatic hydroxyl groups is 2. The van der Waals surface area contributed by atoms with Gasteiger partial charge in [-0.1, -0.05) is 29.8 Å². The van der Waals surface area contributed by atoms with E-state index in [1.165, 1.54) is 24.3 Å². The Hall–Kier alpha value is -1.42. The molecule has 1 unspecified atom stereocenters. The van der Waals surface area contributed by atoms with E-state index < -0.39 is 6.10 Å². The largest absolute Gasteiger partial charge is 0.392 e. The molecular weight excluding hydrogens is 255 g/mol. The fraction of sp³-hybridized carbons (Fsp3) is 0.143. The van der Waals surface area contributed by atoms with Gasteiger partial charge in [0, 0.05) is 5.02 Å². The van der Waals surface area contributed by atoms with E-state index in [9.17, 15) is 14.6 Å². The van der Waals surface area contributed by atoms with Gasteiger partial charge in [-0.2, -0.15) is 0 Å². The van der Waals surface area contributed by atoms with Crippen molar-refractivity contribution in [1.82, 2.24) is 0 Å². The number of benzene rings is 2. The van der Waals surface area contributed by atoms with E-state index in [2.05, 4.69) is 0 Å². The van der Waals surface area contributed by atoms with Crippen LogP contribution in [0.5, 0.6) is 0 Å². The molecule has 0 bridgehead atoms. The Morgan fingerprint density at radius 2 is 1.78 bits per heavy atom. The first kappa shape index (κ1) is 13.0. The normalized spacial score (nSPS) is 12.4. The standard InChI is InChI=1S/C14H12ClFO2/c15-11-3-6-13(10(7-11)8-17)14(18)9-1-4-12(16)5-2-9/h1-7,14,17-18H,8H2. The smallest absolute Gasteiger partial charge is 0.123 e. The Bertz CT molecular complexity index is 540. The Morgan fingerprint density at radius 1 is 1.11 bits per heavy atom. The maximum Gasteiger partial charge on any atom is 0.123 e. The third-order valence-electron chi connectivity index (χ3n) is 2.76. The highest BCUT2D eigenvalue weighted by Crippen LogP contribution is 2.27. The Kier molecular flexibility index (Phi) is 3.97. The SMILES string of the molecule is OCc1cc(Cl)ccc1C(O)c1ccc(F)cc1. The molecule has 0 amide bonds. The summed E-state index contributed by atoms with van der Waals surface area (Å²) in [5.41, 5.74) is 1.68. The molecule has 94 valence electrons. The van der Waals surface area contributed by atoms with Gasteiger partial charge < -0.3 is 10.2 Å². The van der Waals surface area contributed by atoms with Crippen LogP contribution < -0.4 is 0 Å². The Labute approximate surface area is 109 Å². The summed E-state index contributed by atoms with van der Waals surface area (Å²) in [7, 11) is 0. The van der Waals surface area contributed by atoms with Crippen LogP contribution in [0, 0.1) is 5.82 Å². The van der Waals surface area contributed by atoms with E-state index in [4.69, 9.17) is 11.6 Å². The minimum absolute atomic E-state index is 0.214. The molecule has 0 heterocycles. The van der Waals surface area contributed by atoms with Gasteiger partial charge in [0.2, 0.25) is 0 Å². The molecule has 0 saturated heterocycles. The van der Waals surface area contributed by atoms with E-state index in [1.807, 2.05) is 0 Å². The van der Waals surface area contributed by atoms with Crippen LogP contribution in [0.25, 0.3) is 0 Å². The van der Waals surface area contributed by atoms with Crippen LogP contribution in [-0.2, 0) is 6.61 Å². The van der Waals surface area contributed by atoms with E-state index in [0.29, 0.717) is 21.7 Å². The van der Waals surface area contributed by atoms with E-state index >= 15 is 0 Å². The molecule has 0 saturated carbocycles. The van der Waals surface area contributed by atoms with Crippen molar-refractivity contribution in [3.8, 4) is 0 Å². The quantitative estimate of drug-likeness (QED) is 0.896. The van der Waals surface area contributed by atoms with Crippen LogP contribution >= 0.6 is 11.6 Å². The van der Waals surface area contributed by atoms with Gasteiger partial charge >= 0.3 is 0 Å². The summed E-state index contributed by atoms with van der Waals surface area (Å²) >= 11 is 5.82. The average molecular weight is 267 g/mol. The van der Waals surface area contributed by atoms with E-state index in [0.717, 1.165) is 0 Å². The maximum atomic E-state index is 12.8. The molecule has 4 heteroatoms. The molecule has 0 aliphatic rings. The van der Waals surface area contributed by atoms with Gasteiger partial charge in [0.05, 0.1) is 6.61 Å². The van der Waals surface area contributed by atoms with Gasteiger partial charge in [-0.25, -0.2) is 4.39 Å². The molecule has 18 heavy (non-hydrogen) atoms. The van der Waals surface area contributed by atoms with Crippen molar-refractivity contribution in [3.63, 3.8) is 0 Å². The minimum atomic E-state index is -0.912. The second kappa shape index (κ2) is 5.48. The molecule has 2 aromatic rings. The summed E-state index contributed by atoms with van der Waals surface area (Å²) in [6, 6.07) is 10.5. The molecule has 2 aromatic carbocycles. The van der Waals surface area contributed by atoms with Crippen LogP contribution in [0.2, 0.25) is 5.02 Å². The number of hydrogen-bond acceptors (Lipinski definition) is 2. The highest BCUT2D eigenvalue weighted by Gasteiger charge is 2.14. The van der Waals surface area contributed by atoms with Crippen LogP contribution in [0.3, 0.4) is 0 Å². The first-order chi connectivity index (χ1) is 8.61. The van der Waals surface area contributed by atoms with Gasteiger partial charge in [-0.05, 0) is 41.0 Å². The second-order valence-electron chi connectivity index (χ2n) is 3.96. The van der Waals surface area contributed by atoms with Crippen molar-refractivity contribution in [1.29, 1.82) is 0 Å². The molecule has 2 rings (SSSR count). The molecule has 0 aliphatic heterocycles. The maximum absolute atomic E-state index is 12.8. The van der Waals surface area contributed by atoms with Crippen molar-refractivity contribution >= 4 is 11.6 Å². The predicted molar refractivity (Wildman–Crippen MR) is 67.8 cm³/mol. The van der Waals surface area contributed by atoms with Gasteiger partial charge in [0.25, 0.3) is 0 Å². The lowest BCUT2D eigenvalue weighted by molar-refractivity contribution is 0.213. The number of halogens is 2. The molecule has 0 aliphatic carbocycles. The molecule has 2 N–H and O–H groups in total. The number of aliphatic hydroxyl groups excluding tert-OH is 2. The van der Waals surface area contributed by atoms with Crippen LogP contribution in [-0.4, -0.2) is 10.2 Å². The van der Waals surface area contributed by atoms with Gasteiger partial charge in [0.1, 0.15) is 11.9 Å². The van der Waals surface area contributed by atoms with Gasteiger partial charge in [0.15, 0.2) is 0 Å². The van der Waals surface area contributed by atoms with Crippen molar-refractivity contribution in [2.45, 2.75) is 12.7 Å². The minimum Gasteiger partial charge on any atom is -0.392 e. The summed E-state index contributed by atoms with van der Waals surface area (Å²) in [4.78, 5) is 0. The first-order valence-electron chi connectivity index (χ1n) is 5.44. The molecular formula is C14H12ClFO2. The Morgan fingerprint density at radius 3 is 2.39 bits per heavy atom. The topological polar surface area (TPSA) is 40.5 Å². The zero-order chi connectivity index (χ0) is 13.1. The zero-order valence-corrected chi connectivity index (χ0v) is 10.2. The lowest BCUT2D eigenvalue weighted by atomic mass is 9.97. The van der Waals surface area contributed by atoms with Gasteiger partial charge in [-0.3, -0.25) is 0 Å². The number of rotatable bonds is 3. The lowest BCUT2D eigenvalue weighted by Gasteiger charge is -2.15. The molecule has 1 atom stereocenters. The molecule has 0 spiro atoms. The van der Waals surface area contributed by atoms with Crippen LogP contribution in [0.15, 0.2) is 42.5 Å². The fourth-order valence-electron chi connectivity index (χ4n) is 1.80. The summed E-state index contributed by atoms with van der Waals surface area (Å²) in [6.45, 7) is -0.214. The second-order valence-corrected chi connectivity index (χ2v) is 4.39. The lowest BCUT2D eigenvalue weighted by Crippen LogP contribution is -2.04.